The van der Waals surface area contributed by atoms with Crippen LogP contribution >= 0.6 is 0 Å². The number of ether oxygens (including phenoxy) is 3. The molecule has 0 saturated carbocycles. The maximum absolute atomic E-state index is 12.0. The first-order valence-electron chi connectivity index (χ1n) is 8.50. The van der Waals surface area contributed by atoms with Gasteiger partial charge in [-0.3, -0.25) is 4.79 Å². The first kappa shape index (κ1) is 18.1. The molecule has 1 amide bonds. The Morgan fingerprint density at radius 1 is 1.15 bits per heavy atom. The van der Waals surface area contributed by atoms with E-state index < -0.39 is 5.79 Å². The van der Waals surface area contributed by atoms with Gasteiger partial charge < -0.3 is 14.2 Å². The fourth-order valence-electron chi connectivity index (χ4n) is 2.62. The molecule has 2 aromatic rings. The number of para-hydroxylation sites is 1. The molecule has 0 bridgehead atoms. The quantitative estimate of drug-likeness (QED) is 0.613. The van der Waals surface area contributed by atoms with Crippen molar-refractivity contribution in [2.45, 2.75) is 25.7 Å². The molecule has 1 saturated heterocycles. The number of amides is 1. The van der Waals surface area contributed by atoms with Crippen LogP contribution in [0.1, 0.15) is 24.5 Å². The van der Waals surface area contributed by atoms with E-state index in [4.69, 9.17) is 14.2 Å². The van der Waals surface area contributed by atoms with Gasteiger partial charge in [0.15, 0.2) is 5.79 Å². The maximum Gasteiger partial charge on any atom is 0.245 e. The fourth-order valence-corrected chi connectivity index (χ4v) is 2.62. The summed E-state index contributed by atoms with van der Waals surface area (Å²) in [5.74, 6) is -0.437. The van der Waals surface area contributed by atoms with E-state index in [9.17, 15) is 4.79 Å². The van der Waals surface area contributed by atoms with Crippen molar-refractivity contribution < 1.29 is 19.0 Å². The van der Waals surface area contributed by atoms with E-state index in [0.29, 0.717) is 25.6 Å². The average molecular weight is 354 g/mol. The molecule has 0 spiro atoms. The summed E-state index contributed by atoms with van der Waals surface area (Å²) in [7, 11) is 0. The first-order chi connectivity index (χ1) is 12.6. The minimum atomic E-state index is -0.865. The Morgan fingerprint density at radius 2 is 1.85 bits per heavy atom. The number of hydrogen-bond donors (Lipinski definition) is 1. The summed E-state index contributed by atoms with van der Waals surface area (Å²) in [4.78, 5) is 12.0. The minimum Gasteiger partial charge on any atom is -0.488 e. The lowest BCUT2D eigenvalue weighted by Gasteiger charge is -2.20. The summed E-state index contributed by atoms with van der Waals surface area (Å²) in [5, 5.41) is 4.01. The van der Waals surface area contributed by atoms with Gasteiger partial charge in [0.2, 0.25) is 5.91 Å². The van der Waals surface area contributed by atoms with E-state index in [1.54, 1.807) is 13.1 Å². The van der Waals surface area contributed by atoms with E-state index in [2.05, 4.69) is 10.5 Å². The van der Waals surface area contributed by atoms with Gasteiger partial charge in [-0.2, -0.15) is 5.10 Å². The molecule has 6 nitrogen and oxygen atoms in total. The highest BCUT2D eigenvalue weighted by Gasteiger charge is 2.33. The van der Waals surface area contributed by atoms with Crippen molar-refractivity contribution >= 4 is 12.1 Å². The molecule has 0 aromatic heterocycles. The topological polar surface area (TPSA) is 69.2 Å². The highest BCUT2D eigenvalue weighted by molar-refractivity contribution is 5.85. The molecule has 1 aliphatic rings. The lowest BCUT2D eigenvalue weighted by atomic mass is 10.2. The standard InChI is InChI=1S/C20H22N2O4/c1-20(25-11-12-26-20)13-19(23)22-21-14-17-9-5-6-10-18(17)24-15-16-7-3-2-4-8-16/h2-10,14H,11-13,15H2,1H3,(H,22,23)/b21-14-. The summed E-state index contributed by atoms with van der Waals surface area (Å²) in [5.41, 5.74) is 4.36. The van der Waals surface area contributed by atoms with Gasteiger partial charge in [0.1, 0.15) is 12.4 Å². The third-order valence-corrected chi connectivity index (χ3v) is 3.93. The Hall–Kier alpha value is -2.70. The van der Waals surface area contributed by atoms with Gasteiger partial charge in [0.05, 0.1) is 25.8 Å². The van der Waals surface area contributed by atoms with Gasteiger partial charge in [-0.15, -0.1) is 0 Å². The van der Waals surface area contributed by atoms with Crippen LogP contribution in [0.25, 0.3) is 0 Å². The Labute approximate surface area is 152 Å². The van der Waals surface area contributed by atoms with Crippen molar-refractivity contribution in [3.05, 3.63) is 65.7 Å². The Balaban J connectivity index is 1.55. The summed E-state index contributed by atoms with van der Waals surface area (Å²) >= 11 is 0. The van der Waals surface area contributed by atoms with E-state index in [-0.39, 0.29) is 12.3 Å². The van der Waals surface area contributed by atoms with Crippen LogP contribution in [-0.2, 0) is 20.9 Å². The number of nitrogens with zero attached hydrogens (tertiary/aromatic N) is 1. The van der Waals surface area contributed by atoms with Gasteiger partial charge in [0, 0.05) is 5.56 Å². The van der Waals surface area contributed by atoms with Gasteiger partial charge in [-0.05, 0) is 24.6 Å². The number of rotatable bonds is 7. The molecule has 3 rings (SSSR count). The Bertz CT molecular complexity index is 755. The van der Waals surface area contributed by atoms with Crippen molar-refractivity contribution in [1.82, 2.24) is 5.43 Å². The maximum atomic E-state index is 12.0. The predicted molar refractivity (Wildman–Crippen MR) is 97.9 cm³/mol. The average Bonchev–Trinajstić information content (AvgIpc) is 3.07. The normalized spacial score (nSPS) is 15.9. The van der Waals surface area contributed by atoms with E-state index >= 15 is 0 Å². The summed E-state index contributed by atoms with van der Waals surface area (Å²) in [6.45, 7) is 3.21. The zero-order valence-electron chi connectivity index (χ0n) is 14.7. The van der Waals surface area contributed by atoms with Crippen LogP contribution in [0.15, 0.2) is 59.7 Å². The number of nitrogens with one attached hydrogen (secondary N) is 1. The molecule has 1 aliphatic heterocycles. The van der Waals surface area contributed by atoms with Crippen molar-refractivity contribution in [3.8, 4) is 5.75 Å². The third kappa shape index (κ3) is 5.15. The van der Waals surface area contributed by atoms with Crippen LogP contribution in [0, 0.1) is 0 Å². The Kier molecular flexibility index (Phi) is 5.99. The summed E-state index contributed by atoms with van der Waals surface area (Å²) in [6.07, 6.45) is 1.66. The number of hydrogen-bond acceptors (Lipinski definition) is 5. The Morgan fingerprint density at radius 3 is 2.62 bits per heavy atom. The van der Waals surface area contributed by atoms with Crippen molar-refractivity contribution in [3.63, 3.8) is 0 Å². The van der Waals surface area contributed by atoms with Crippen LogP contribution in [0.3, 0.4) is 0 Å². The molecule has 1 heterocycles. The number of hydrazone groups is 1. The number of benzene rings is 2. The highest BCUT2D eigenvalue weighted by Crippen LogP contribution is 2.22. The van der Waals surface area contributed by atoms with Crippen LogP contribution in [0.5, 0.6) is 5.75 Å². The molecular weight excluding hydrogens is 332 g/mol. The third-order valence-electron chi connectivity index (χ3n) is 3.93. The minimum absolute atomic E-state index is 0.0937. The van der Waals surface area contributed by atoms with E-state index in [1.165, 1.54) is 0 Å². The predicted octanol–water partition coefficient (Wildman–Crippen LogP) is 2.87. The second-order valence-electron chi connectivity index (χ2n) is 6.11. The van der Waals surface area contributed by atoms with Gasteiger partial charge in [-0.1, -0.05) is 42.5 Å². The highest BCUT2D eigenvalue weighted by atomic mass is 16.7. The molecule has 1 N–H and O–H groups in total. The fraction of sp³-hybridized carbons (Fsp3) is 0.300. The zero-order valence-corrected chi connectivity index (χ0v) is 14.7. The first-order valence-corrected chi connectivity index (χ1v) is 8.50. The lowest BCUT2D eigenvalue weighted by Crippen LogP contribution is -2.33. The molecule has 1 fully saturated rings. The second-order valence-corrected chi connectivity index (χ2v) is 6.11. The van der Waals surface area contributed by atoms with Crippen LogP contribution < -0.4 is 10.2 Å². The van der Waals surface area contributed by atoms with Gasteiger partial charge >= 0.3 is 0 Å². The van der Waals surface area contributed by atoms with Crippen LogP contribution in [0.4, 0.5) is 0 Å². The van der Waals surface area contributed by atoms with E-state index in [0.717, 1.165) is 11.1 Å². The SMILES string of the molecule is CC1(CC(=O)N/N=C\c2ccccc2OCc2ccccc2)OCCO1. The molecule has 0 unspecified atom stereocenters. The summed E-state index contributed by atoms with van der Waals surface area (Å²) < 4.78 is 16.7. The smallest absolute Gasteiger partial charge is 0.245 e. The lowest BCUT2D eigenvalue weighted by molar-refractivity contribution is -0.159. The monoisotopic (exact) mass is 354 g/mol. The number of carbonyl (C=O) groups is 1. The van der Waals surface area contributed by atoms with Gasteiger partial charge in [0.25, 0.3) is 0 Å². The van der Waals surface area contributed by atoms with Crippen molar-refractivity contribution in [2.75, 3.05) is 13.2 Å². The van der Waals surface area contributed by atoms with Crippen LogP contribution in [0.2, 0.25) is 0 Å². The molecular formula is C20H22N2O4. The largest absolute Gasteiger partial charge is 0.488 e. The molecule has 136 valence electrons. The van der Waals surface area contributed by atoms with Crippen LogP contribution in [-0.4, -0.2) is 31.1 Å². The molecule has 0 radical (unpaired) electrons. The molecule has 6 heteroatoms. The number of carbonyl (C=O) groups excluding carboxylic acids is 1. The molecule has 26 heavy (non-hydrogen) atoms. The van der Waals surface area contributed by atoms with Crippen molar-refractivity contribution in [2.24, 2.45) is 5.10 Å². The zero-order chi connectivity index (χ0) is 18.2. The molecule has 0 atom stereocenters. The second kappa shape index (κ2) is 8.60. The molecule has 0 aliphatic carbocycles. The summed E-state index contributed by atoms with van der Waals surface area (Å²) in [6, 6.07) is 17.4. The van der Waals surface area contributed by atoms with E-state index in [1.807, 2.05) is 54.6 Å². The molecule has 2 aromatic carbocycles. The van der Waals surface area contributed by atoms with Crippen molar-refractivity contribution in [1.29, 1.82) is 0 Å². The van der Waals surface area contributed by atoms with Gasteiger partial charge in [-0.25, -0.2) is 5.43 Å².